The van der Waals surface area contributed by atoms with E-state index in [2.05, 4.69) is 30.7 Å². The molecular formula is C28H34N6O2. The van der Waals surface area contributed by atoms with Crippen LogP contribution in [0, 0.1) is 0 Å². The Bertz CT molecular complexity index is 1320. The Morgan fingerprint density at radius 3 is 2.61 bits per heavy atom. The standard InChI is InChI=1S/C28H34N6O2/c1-4-7-23(6-3)32-33-28(36)24-9-8-22(17-30-24)21-10-12-34(13-11-21)18-19-14-26-25(29-16-19)15-20(5-2)27(35)31-26/h4,6-9,14-17,21,32H,5,10-13,18H2,1-3H3,(H,31,35)(H,33,36)/b7-4-,23-6+. The zero-order chi connectivity index (χ0) is 25.5. The number of aromatic nitrogens is 3. The Morgan fingerprint density at radius 2 is 1.94 bits per heavy atom. The summed E-state index contributed by atoms with van der Waals surface area (Å²) in [5.41, 5.74) is 11.4. The molecular weight excluding hydrogens is 452 g/mol. The third-order valence-corrected chi connectivity index (χ3v) is 6.67. The molecule has 0 aliphatic carbocycles. The van der Waals surface area contributed by atoms with Gasteiger partial charge >= 0.3 is 0 Å². The number of carbonyl (C=O) groups is 1. The Labute approximate surface area is 211 Å². The predicted molar refractivity (Wildman–Crippen MR) is 142 cm³/mol. The van der Waals surface area contributed by atoms with Gasteiger partial charge in [0, 0.05) is 30.2 Å². The molecule has 0 spiro atoms. The van der Waals surface area contributed by atoms with Gasteiger partial charge in [-0.3, -0.25) is 35.3 Å². The first-order valence-corrected chi connectivity index (χ1v) is 12.5. The highest BCUT2D eigenvalue weighted by atomic mass is 16.2. The minimum atomic E-state index is -0.267. The molecule has 1 fully saturated rings. The summed E-state index contributed by atoms with van der Waals surface area (Å²) >= 11 is 0. The number of likely N-dealkylation sites (tertiary alicyclic amines) is 1. The molecule has 8 heteroatoms. The van der Waals surface area contributed by atoms with Crippen molar-refractivity contribution in [1.29, 1.82) is 0 Å². The lowest BCUT2D eigenvalue weighted by atomic mass is 9.90. The van der Waals surface area contributed by atoms with E-state index in [1.165, 1.54) is 5.56 Å². The highest BCUT2D eigenvalue weighted by Crippen LogP contribution is 2.28. The molecule has 188 valence electrons. The summed E-state index contributed by atoms with van der Waals surface area (Å²) in [6.07, 6.45) is 12.1. The zero-order valence-corrected chi connectivity index (χ0v) is 21.2. The van der Waals surface area contributed by atoms with E-state index in [9.17, 15) is 9.59 Å². The van der Waals surface area contributed by atoms with Gasteiger partial charge in [0.15, 0.2) is 0 Å². The maximum Gasteiger partial charge on any atom is 0.288 e. The summed E-state index contributed by atoms with van der Waals surface area (Å²) in [7, 11) is 0. The van der Waals surface area contributed by atoms with Crippen LogP contribution >= 0.6 is 0 Å². The molecule has 1 aliphatic heterocycles. The molecule has 1 saturated heterocycles. The Balaban J connectivity index is 1.31. The molecule has 36 heavy (non-hydrogen) atoms. The average Bonchev–Trinajstić information content (AvgIpc) is 2.91. The van der Waals surface area contributed by atoms with Gasteiger partial charge in [0.2, 0.25) is 0 Å². The number of amides is 1. The molecule has 0 atom stereocenters. The lowest BCUT2D eigenvalue weighted by Gasteiger charge is -2.32. The van der Waals surface area contributed by atoms with Gasteiger partial charge in [0.25, 0.3) is 11.5 Å². The van der Waals surface area contributed by atoms with Gasteiger partial charge in [-0.25, -0.2) is 0 Å². The van der Waals surface area contributed by atoms with Crippen LogP contribution in [0.4, 0.5) is 0 Å². The molecule has 0 unspecified atom stereocenters. The first kappa shape index (κ1) is 25.3. The third kappa shape index (κ3) is 6.07. The van der Waals surface area contributed by atoms with Crippen molar-refractivity contribution in [2.75, 3.05) is 13.1 Å². The highest BCUT2D eigenvalue weighted by Gasteiger charge is 2.21. The number of aromatic amines is 1. The molecule has 1 amide bonds. The van der Waals surface area contributed by atoms with Crippen molar-refractivity contribution in [1.82, 2.24) is 30.7 Å². The number of H-pyrrole nitrogens is 1. The van der Waals surface area contributed by atoms with Crippen LogP contribution < -0.4 is 16.4 Å². The van der Waals surface area contributed by atoms with Gasteiger partial charge in [-0.2, -0.15) is 0 Å². The fourth-order valence-corrected chi connectivity index (χ4v) is 4.56. The SMILES string of the molecule is C/C=C\C(=C/C)NNC(=O)c1ccc(C2CCN(Cc3cnc4cc(CC)c(=O)[nH]c4c3)CC2)cn1. The summed E-state index contributed by atoms with van der Waals surface area (Å²) in [5, 5.41) is 0. The second-order valence-electron chi connectivity index (χ2n) is 9.10. The minimum Gasteiger partial charge on any atom is -0.320 e. The van der Waals surface area contributed by atoms with Crippen molar-refractivity contribution in [2.24, 2.45) is 0 Å². The summed E-state index contributed by atoms with van der Waals surface area (Å²) in [6.45, 7) is 8.53. The van der Waals surface area contributed by atoms with E-state index >= 15 is 0 Å². The van der Waals surface area contributed by atoms with Crippen molar-refractivity contribution in [3.05, 3.63) is 93.3 Å². The lowest BCUT2D eigenvalue weighted by Crippen LogP contribution is -2.36. The summed E-state index contributed by atoms with van der Waals surface area (Å²) < 4.78 is 0. The number of piperidine rings is 1. The zero-order valence-electron chi connectivity index (χ0n) is 21.2. The van der Waals surface area contributed by atoms with Gasteiger partial charge in [-0.15, -0.1) is 0 Å². The van der Waals surface area contributed by atoms with Crippen molar-refractivity contribution in [2.45, 2.75) is 52.5 Å². The molecule has 1 aliphatic rings. The van der Waals surface area contributed by atoms with E-state index in [1.807, 2.05) is 69.6 Å². The third-order valence-electron chi connectivity index (χ3n) is 6.67. The summed E-state index contributed by atoms with van der Waals surface area (Å²) in [4.78, 5) is 38.9. The van der Waals surface area contributed by atoms with Crippen molar-refractivity contribution in [3.8, 4) is 0 Å². The van der Waals surface area contributed by atoms with Crippen LogP contribution in [0.25, 0.3) is 11.0 Å². The van der Waals surface area contributed by atoms with Crippen molar-refractivity contribution in [3.63, 3.8) is 0 Å². The number of nitrogens with one attached hydrogen (secondary N) is 3. The topological polar surface area (TPSA) is 103 Å². The monoisotopic (exact) mass is 486 g/mol. The van der Waals surface area contributed by atoms with Crippen LogP contribution in [-0.4, -0.2) is 38.8 Å². The normalized spacial score (nSPS) is 15.5. The molecule has 3 N–H and O–H groups in total. The van der Waals surface area contributed by atoms with Gasteiger partial charge in [-0.05, 0) is 87.5 Å². The maximum atomic E-state index is 12.4. The number of carbonyl (C=O) groups excluding carboxylic acids is 1. The number of aryl methyl sites for hydroxylation is 1. The lowest BCUT2D eigenvalue weighted by molar-refractivity contribution is 0.0934. The quantitative estimate of drug-likeness (QED) is 0.329. The van der Waals surface area contributed by atoms with Gasteiger partial charge < -0.3 is 4.98 Å². The number of nitrogens with zero attached hydrogens (tertiary/aromatic N) is 3. The number of hydrogen-bond acceptors (Lipinski definition) is 6. The smallest absolute Gasteiger partial charge is 0.288 e. The fourth-order valence-electron chi connectivity index (χ4n) is 4.56. The molecule has 0 saturated carbocycles. The van der Waals surface area contributed by atoms with Gasteiger partial charge in [-0.1, -0.05) is 25.1 Å². The van der Waals surface area contributed by atoms with Gasteiger partial charge in [0.05, 0.1) is 11.0 Å². The van der Waals surface area contributed by atoms with Crippen LogP contribution in [0.3, 0.4) is 0 Å². The average molecular weight is 487 g/mol. The van der Waals surface area contributed by atoms with E-state index in [1.54, 1.807) is 6.07 Å². The number of hydrazine groups is 1. The number of fused-ring (bicyclic) bond motifs is 1. The summed E-state index contributed by atoms with van der Waals surface area (Å²) in [5.74, 6) is 0.156. The molecule has 3 aromatic rings. The molecule has 4 heterocycles. The second kappa shape index (κ2) is 11.8. The van der Waals surface area contributed by atoms with Crippen LogP contribution in [0.2, 0.25) is 0 Å². The number of hydrogen-bond donors (Lipinski definition) is 3. The number of rotatable bonds is 8. The van der Waals surface area contributed by atoms with Crippen molar-refractivity contribution >= 4 is 16.9 Å². The van der Waals surface area contributed by atoms with Crippen LogP contribution in [-0.2, 0) is 13.0 Å². The Kier molecular flexibility index (Phi) is 8.28. The number of pyridine rings is 3. The van der Waals surface area contributed by atoms with Crippen LogP contribution in [0.5, 0.6) is 0 Å². The van der Waals surface area contributed by atoms with Gasteiger partial charge in [0.1, 0.15) is 5.69 Å². The van der Waals surface area contributed by atoms with Crippen molar-refractivity contribution < 1.29 is 4.79 Å². The van der Waals surface area contributed by atoms with E-state index in [-0.39, 0.29) is 11.5 Å². The van der Waals surface area contributed by atoms with E-state index in [0.717, 1.165) is 60.3 Å². The molecule has 0 radical (unpaired) electrons. The van der Waals surface area contributed by atoms with Crippen LogP contribution in [0.15, 0.2) is 65.4 Å². The number of allylic oxidation sites excluding steroid dienone is 3. The first-order valence-electron chi connectivity index (χ1n) is 12.5. The second-order valence-corrected chi connectivity index (χ2v) is 9.10. The highest BCUT2D eigenvalue weighted by molar-refractivity contribution is 5.92. The molecule has 0 bridgehead atoms. The Hall–Kier alpha value is -3.78. The summed E-state index contributed by atoms with van der Waals surface area (Å²) in [6, 6.07) is 7.72. The molecule has 0 aromatic carbocycles. The Morgan fingerprint density at radius 1 is 1.14 bits per heavy atom. The predicted octanol–water partition coefficient (Wildman–Crippen LogP) is 3.97. The molecule has 8 nitrogen and oxygen atoms in total. The molecule has 3 aromatic heterocycles. The fraction of sp³-hybridized carbons (Fsp3) is 0.357. The van der Waals surface area contributed by atoms with E-state index in [0.29, 0.717) is 18.0 Å². The largest absolute Gasteiger partial charge is 0.320 e. The van der Waals surface area contributed by atoms with E-state index < -0.39 is 0 Å². The maximum absolute atomic E-state index is 12.4. The molecule has 4 rings (SSSR count). The van der Waals surface area contributed by atoms with E-state index in [4.69, 9.17) is 0 Å². The minimum absolute atomic E-state index is 0.0330. The van der Waals surface area contributed by atoms with Crippen LogP contribution in [0.1, 0.15) is 66.7 Å². The first-order chi connectivity index (χ1) is 17.5.